The highest BCUT2D eigenvalue weighted by molar-refractivity contribution is 7.11. The number of benzene rings is 1. The van der Waals surface area contributed by atoms with Crippen molar-refractivity contribution in [2.24, 2.45) is 0 Å². The number of anilines is 1. The molecule has 0 saturated carbocycles. The molecule has 1 aromatic heterocycles. The van der Waals surface area contributed by atoms with Gasteiger partial charge in [0.2, 0.25) is 0 Å². The Morgan fingerprint density at radius 3 is 2.75 bits per heavy atom. The van der Waals surface area contributed by atoms with Gasteiger partial charge in [-0.25, -0.2) is 4.98 Å². The Bertz CT molecular complexity index is 634. The summed E-state index contributed by atoms with van der Waals surface area (Å²) in [4.78, 5) is 17.7. The highest BCUT2D eigenvalue weighted by Crippen LogP contribution is 2.17. The SMILES string of the molecule is Cc1nc(C)c(CCNC(=O)c2cc(N)ccc2C)s1. The standard InChI is InChI=1S/C15H19N3OS/c1-9-4-5-12(16)8-13(9)15(19)17-7-6-14-10(2)18-11(3)20-14/h4-5,8H,6-7,16H2,1-3H3,(H,17,19). The molecule has 0 aliphatic rings. The maximum Gasteiger partial charge on any atom is 0.251 e. The van der Waals surface area contributed by atoms with E-state index in [2.05, 4.69) is 10.3 Å². The van der Waals surface area contributed by atoms with Gasteiger partial charge in [-0.2, -0.15) is 0 Å². The minimum Gasteiger partial charge on any atom is -0.399 e. The monoisotopic (exact) mass is 289 g/mol. The lowest BCUT2D eigenvalue weighted by molar-refractivity contribution is 0.0953. The molecule has 0 aliphatic heterocycles. The van der Waals surface area contributed by atoms with E-state index >= 15 is 0 Å². The third-order valence-corrected chi connectivity index (χ3v) is 4.28. The zero-order valence-electron chi connectivity index (χ0n) is 12.0. The van der Waals surface area contributed by atoms with Crippen LogP contribution in [0.5, 0.6) is 0 Å². The summed E-state index contributed by atoms with van der Waals surface area (Å²) in [5.41, 5.74) is 8.96. The van der Waals surface area contributed by atoms with Gasteiger partial charge in [-0.1, -0.05) is 6.07 Å². The first-order valence-corrected chi connectivity index (χ1v) is 7.36. The van der Waals surface area contributed by atoms with E-state index in [0.717, 1.165) is 22.7 Å². The molecule has 0 unspecified atom stereocenters. The minimum absolute atomic E-state index is 0.0753. The topological polar surface area (TPSA) is 68.0 Å². The Hall–Kier alpha value is -1.88. The van der Waals surface area contributed by atoms with E-state index in [9.17, 15) is 4.79 Å². The van der Waals surface area contributed by atoms with Crippen molar-refractivity contribution < 1.29 is 4.79 Å². The maximum atomic E-state index is 12.1. The predicted molar refractivity (Wildman–Crippen MR) is 83.2 cm³/mol. The third-order valence-electron chi connectivity index (χ3n) is 3.14. The zero-order valence-corrected chi connectivity index (χ0v) is 12.8. The number of thiazole rings is 1. The summed E-state index contributed by atoms with van der Waals surface area (Å²) in [5.74, 6) is -0.0753. The molecule has 0 aliphatic carbocycles. The molecule has 0 spiro atoms. The van der Waals surface area contributed by atoms with Crippen molar-refractivity contribution in [3.63, 3.8) is 0 Å². The Labute approximate surface area is 123 Å². The smallest absolute Gasteiger partial charge is 0.251 e. The number of aryl methyl sites for hydroxylation is 3. The summed E-state index contributed by atoms with van der Waals surface area (Å²) >= 11 is 1.69. The summed E-state index contributed by atoms with van der Waals surface area (Å²) in [6.07, 6.45) is 0.810. The van der Waals surface area contributed by atoms with Crippen LogP contribution in [0.3, 0.4) is 0 Å². The number of nitrogens with one attached hydrogen (secondary N) is 1. The van der Waals surface area contributed by atoms with Crippen LogP contribution in [0.2, 0.25) is 0 Å². The van der Waals surface area contributed by atoms with Gasteiger partial charge >= 0.3 is 0 Å². The minimum atomic E-state index is -0.0753. The molecule has 106 valence electrons. The lowest BCUT2D eigenvalue weighted by Crippen LogP contribution is -2.26. The summed E-state index contributed by atoms with van der Waals surface area (Å²) in [6.45, 7) is 6.51. The second-order valence-corrected chi connectivity index (χ2v) is 6.11. The molecular weight excluding hydrogens is 270 g/mol. The Morgan fingerprint density at radius 1 is 1.35 bits per heavy atom. The van der Waals surface area contributed by atoms with Crippen LogP contribution in [0.25, 0.3) is 0 Å². The second kappa shape index (κ2) is 6.05. The summed E-state index contributed by atoms with van der Waals surface area (Å²) in [7, 11) is 0. The third kappa shape index (κ3) is 3.36. The van der Waals surface area contributed by atoms with Gasteiger partial charge in [-0.3, -0.25) is 4.79 Å². The van der Waals surface area contributed by atoms with Gasteiger partial charge in [0, 0.05) is 29.1 Å². The van der Waals surface area contributed by atoms with Crippen LogP contribution in [0.1, 0.15) is 31.5 Å². The molecule has 2 aromatic rings. The number of nitrogens with zero attached hydrogens (tertiary/aromatic N) is 1. The molecule has 1 aromatic carbocycles. The van der Waals surface area contributed by atoms with Gasteiger partial charge in [0.15, 0.2) is 0 Å². The van der Waals surface area contributed by atoms with Crippen LogP contribution in [0, 0.1) is 20.8 Å². The summed E-state index contributed by atoms with van der Waals surface area (Å²) < 4.78 is 0. The first-order chi connectivity index (χ1) is 9.47. The van der Waals surface area contributed by atoms with Gasteiger partial charge in [-0.05, 0) is 38.5 Å². The highest BCUT2D eigenvalue weighted by Gasteiger charge is 2.10. The molecule has 20 heavy (non-hydrogen) atoms. The fourth-order valence-electron chi connectivity index (χ4n) is 2.07. The van der Waals surface area contributed by atoms with Crippen LogP contribution in [0.4, 0.5) is 5.69 Å². The van der Waals surface area contributed by atoms with Crippen molar-refractivity contribution in [1.82, 2.24) is 10.3 Å². The molecule has 0 radical (unpaired) electrons. The first-order valence-electron chi connectivity index (χ1n) is 6.54. The average molecular weight is 289 g/mol. The maximum absolute atomic E-state index is 12.1. The van der Waals surface area contributed by atoms with E-state index in [0.29, 0.717) is 17.8 Å². The first kappa shape index (κ1) is 14.5. The van der Waals surface area contributed by atoms with E-state index in [1.807, 2.05) is 26.8 Å². The van der Waals surface area contributed by atoms with Crippen LogP contribution in [0.15, 0.2) is 18.2 Å². The fourth-order valence-corrected chi connectivity index (χ4v) is 3.01. The van der Waals surface area contributed by atoms with Crippen LogP contribution in [-0.4, -0.2) is 17.4 Å². The van der Waals surface area contributed by atoms with Crippen LogP contribution in [-0.2, 0) is 6.42 Å². The highest BCUT2D eigenvalue weighted by atomic mass is 32.1. The second-order valence-electron chi connectivity index (χ2n) is 4.82. The van der Waals surface area contributed by atoms with Gasteiger partial charge in [0.1, 0.15) is 0 Å². The molecule has 0 fully saturated rings. The lowest BCUT2D eigenvalue weighted by Gasteiger charge is -2.08. The van der Waals surface area contributed by atoms with Crippen molar-refractivity contribution >= 4 is 22.9 Å². The summed E-state index contributed by atoms with van der Waals surface area (Å²) in [5, 5.41) is 4.00. The van der Waals surface area contributed by atoms with E-state index in [1.165, 1.54) is 4.88 Å². The molecule has 0 bridgehead atoms. The zero-order chi connectivity index (χ0) is 14.7. The van der Waals surface area contributed by atoms with Crippen molar-refractivity contribution in [2.45, 2.75) is 27.2 Å². The quantitative estimate of drug-likeness (QED) is 0.850. The molecule has 0 saturated heterocycles. The average Bonchev–Trinajstić information content (AvgIpc) is 2.71. The molecule has 1 amide bonds. The van der Waals surface area contributed by atoms with Crippen LogP contribution < -0.4 is 11.1 Å². The molecule has 3 N–H and O–H groups in total. The Morgan fingerprint density at radius 2 is 2.10 bits per heavy atom. The van der Waals surface area contributed by atoms with Crippen molar-refractivity contribution in [3.05, 3.63) is 44.9 Å². The molecule has 2 rings (SSSR count). The molecule has 1 heterocycles. The van der Waals surface area contributed by atoms with Gasteiger partial charge in [-0.15, -0.1) is 11.3 Å². The Kier molecular flexibility index (Phi) is 4.39. The van der Waals surface area contributed by atoms with Gasteiger partial charge < -0.3 is 11.1 Å². The number of hydrogen-bond acceptors (Lipinski definition) is 4. The van der Waals surface area contributed by atoms with Crippen molar-refractivity contribution in [1.29, 1.82) is 0 Å². The van der Waals surface area contributed by atoms with E-state index in [1.54, 1.807) is 23.5 Å². The number of carbonyl (C=O) groups is 1. The number of rotatable bonds is 4. The van der Waals surface area contributed by atoms with Gasteiger partial charge in [0.25, 0.3) is 5.91 Å². The van der Waals surface area contributed by atoms with E-state index in [4.69, 9.17) is 5.73 Å². The normalized spacial score (nSPS) is 10.6. The van der Waals surface area contributed by atoms with Crippen molar-refractivity contribution in [3.8, 4) is 0 Å². The molecule has 4 nitrogen and oxygen atoms in total. The lowest BCUT2D eigenvalue weighted by atomic mass is 10.1. The van der Waals surface area contributed by atoms with E-state index < -0.39 is 0 Å². The Balaban J connectivity index is 1.95. The molecule has 0 atom stereocenters. The number of amides is 1. The largest absolute Gasteiger partial charge is 0.399 e. The predicted octanol–water partition coefficient (Wildman–Crippen LogP) is 2.62. The molecular formula is C15H19N3OS. The summed E-state index contributed by atoms with van der Waals surface area (Å²) in [6, 6.07) is 5.38. The number of hydrogen-bond donors (Lipinski definition) is 2. The fraction of sp³-hybridized carbons (Fsp3) is 0.333. The van der Waals surface area contributed by atoms with Gasteiger partial charge in [0.05, 0.1) is 10.7 Å². The van der Waals surface area contributed by atoms with Crippen LogP contribution >= 0.6 is 11.3 Å². The number of nitrogen functional groups attached to an aromatic ring is 1. The van der Waals surface area contributed by atoms with Crippen molar-refractivity contribution in [2.75, 3.05) is 12.3 Å². The number of nitrogens with two attached hydrogens (primary N) is 1. The molecule has 5 heteroatoms. The number of carbonyl (C=O) groups excluding carboxylic acids is 1. The van der Waals surface area contributed by atoms with E-state index in [-0.39, 0.29) is 5.91 Å². The number of aromatic nitrogens is 1.